The van der Waals surface area contributed by atoms with Gasteiger partial charge in [-0.05, 0) is 35.4 Å². The highest BCUT2D eigenvalue weighted by atomic mass is 16.2. The van der Waals surface area contributed by atoms with Gasteiger partial charge in [0, 0.05) is 50.3 Å². The molecule has 4 rings (SSSR count). The van der Waals surface area contributed by atoms with Crippen LogP contribution in [0.25, 0.3) is 10.8 Å². The Kier molecular flexibility index (Phi) is 5.61. The lowest BCUT2D eigenvalue weighted by Gasteiger charge is -2.36. The molecule has 0 radical (unpaired) electrons. The topological polar surface area (TPSA) is 40.6 Å². The number of aryl methyl sites for hydroxylation is 1. The summed E-state index contributed by atoms with van der Waals surface area (Å²) < 4.78 is 0. The van der Waals surface area contributed by atoms with Gasteiger partial charge in [0.1, 0.15) is 0 Å². The van der Waals surface area contributed by atoms with E-state index in [2.05, 4.69) is 30.0 Å². The van der Waals surface area contributed by atoms with E-state index < -0.39 is 0 Å². The van der Waals surface area contributed by atoms with E-state index in [1.807, 2.05) is 53.4 Å². The van der Waals surface area contributed by atoms with E-state index in [9.17, 15) is 9.59 Å². The largest absolute Gasteiger partial charge is 0.368 e. The Balaban J connectivity index is 1.30. The first-order valence-corrected chi connectivity index (χ1v) is 10.2. The minimum atomic E-state index is 0.0302. The molecular formula is C25H26N2O2. The van der Waals surface area contributed by atoms with Crippen LogP contribution in [0.4, 0.5) is 5.69 Å². The maximum Gasteiger partial charge on any atom is 0.223 e. The molecule has 0 spiro atoms. The number of Topliss-reactive ketones (excluding diaryl/α,β-unsaturated/α-hetero) is 1. The first-order chi connectivity index (χ1) is 14.1. The molecular weight excluding hydrogens is 360 g/mol. The lowest BCUT2D eigenvalue weighted by molar-refractivity contribution is -0.131. The van der Waals surface area contributed by atoms with Gasteiger partial charge in [0.25, 0.3) is 0 Å². The Morgan fingerprint density at radius 1 is 0.793 bits per heavy atom. The molecule has 0 aromatic heterocycles. The van der Waals surface area contributed by atoms with Gasteiger partial charge in [-0.15, -0.1) is 0 Å². The lowest BCUT2D eigenvalue weighted by atomic mass is 10.0. The third-order valence-electron chi connectivity index (χ3n) is 5.73. The van der Waals surface area contributed by atoms with Crippen LogP contribution in [0.3, 0.4) is 0 Å². The zero-order chi connectivity index (χ0) is 20.2. The summed E-state index contributed by atoms with van der Waals surface area (Å²) in [7, 11) is 0. The zero-order valence-electron chi connectivity index (χ0n) is 16.8. The van der Waals surface area contributed by atoms with Crippen LogP contribution in [0.1, 0.15) is 28.8 Å². The van der Waals surface area contributed by atoms with E-state index in [4.69, 9.17) is 0 Å². The molecule has 0 atom stereocenters. The SMILES string of the molecule is Cc1ccccc1N1CCN(C(=O)CCC(=O)c2ccc3ccccc3c2)CC1. The predicted molar refractivity (Wildman–Crippen MR) is 117 cm³/mol. The number of hydrogen-bond acceptors (Lipinski definition) is 3. The maximum atomic E-state index is 12.6. The van der Waals surface area contributed by atoms with Crippen LogP contribution in [0.15, 0.2) is 66.7 Å². The second kappa shape index (κ2) is 8.48. The second-order valence-corrected chi connectivity index (χ2v) is 7.64. The van der Waals surface area contributed by atoms with E-state index in [0.717, 1.165) is 23.9 Å². The zero-order valence-corrected chi connectivity index (χ0v) is 16.8. The third kappa shape index (κ3) is 4.32. The number of rotatable bonds is 5. The number of hydrogen-bond donors (Lipinski definition) is 0. The molecule has 0 saturated carbocycles. The number of piperazine rings is 1. The fraction of sp³-hybridized carbons (Fsp3) is 0.280. The molecule has 148 valence electrons. The van der Waals surface area contributed by atoms with Gasteiger partial charge in [-0.25, -0.2) is 0 Å². The summed E-state index contributed by atoms with van der Waals surface area (Å²) in [5.41, 5.74) is 3.18. The Labute approximate surface area is 171 Å². The van der Waals surface area contributed by atoms with Crippen LogP contribution in [0.2, 0.25) is 0 Å². The highest BCUT2D eigenvalue weighted by Crippen LogP contribution is 2.21. The summed E-state index contributed by atoms with van der Waals surface area (Å²) in [5.74, 6) is 0.103. The molecule has 29 heavy (non-hydrogen) atoms. The van der Waals surface area contributed by atoms with Crippen molar-refractivity contribution >= 4 is 28.2 Å². The van der Waals surface area contributed by atoms with Gasteiger partial charge in [-0.1, -0.05) is 54.6 Å². The number of carbonyl (C=O) groups is 2. The first-order valence-electron chi connectivity index (χ1n) is 10.2. The third-order valence-corrected chi connectivity index (χ3v) is 5.73. The fourth-order valence-corrected chi connectivity index (χ4v) is 4.00. The van der Waals surface area contributed by atoms with Crippen molar-refractivity contribution in [3.05, 3.63) is 77.9 Å². The highest BCUT2D eigenvalue weighted by molar-refractivity contribution is 6.01. The van der Waals surface area contributed by atoms with E-state index >= 15 is 0 Å². The number of fused-ring (bicyclic) bond motifs is 1. The van der Waals surface area contributed by atoms with Crippen LogP contribution in [-0.2, 0) is 4.79 Å². The minimum Gasteiger partial charge on any atom is -0.368 e. The average molecular weight is 386 g/mol. The Bertz CT molecular complexity index is 1040. The van der Waals surface area contributed by atoms with Crippen molar-refractivity contribution < 1.29 is 9.59 Å². The van der Waals surface area contributed by atoms with Crippen molar-refractivity contribution in [3.63, 3.8) is 0 Å². The molecule has 1 heterocycles. The summed E-state index contributed by atoms with van der Waals surface area (Å²) >= 11 is 0. The first kappa shape index (κ1) is 19.2. The van der Waals surface area contributed by atoms with Crippen LogP contribution in [0, 0.1) is 6.92 Å². The summed E-state index contributed by atoms with van der Waals surface area (Å²) in [6.07, 6.45) is 0.533. The van der Waals surface area contributed by atoms with E-state index in [0.29, 0.717) is 18.7 Å². The van der Waals surface area contributed by atoms with Crippen molar-refractivity contribution in [2.75, 3.05) is 31.1 Å². The molecule has 4 nitrogen and oxygen atoms in total. The van der Waals surface area contributed by atoms with E-state index in [-0.39, 0.29) is 24.5 Å². The predicted octanol–water partition coefficient (Wildman–Crippen LogP) is 4.46. The minimum absolute atomic E-state index is 0.0302. The Morgan fingerprint density at radius 2 is 1.48 bits per heavy atom. The molecule has 1 saturated heterocycles. The summed E-state index contributed by atoms with van der Waals surface area (Å²) in [5, 5.41) is 2.17. The van der Waals surface area contributed by atoms with Gasteiger partial charge in [0.05, 0.1) is 0 Å². The molecule has 0 N–H and O–H groups in total. The number of ketones is 1. The van der Waals surface area contributed by atoms with Gasteiger partial charge < -0.3 is 9.80 Å². The molecule has 4 heteroatoms. The van der Waals surface area contributed by atoms with Crippen molar-refractivity contribution in [3.8, 4) is 0 Å². The van der Waals surface area contributed by atoms with Crippen molar-refractivity contribution in [1.29, 1.82) is 0 Å². The standard InChI is InChI=1S/C25H26N2O2/c1-19-6-2-5-9-23(19)26-14-16-27(17-15-26)25(29)13-12-24(28)22-11-10-20-7-3-4-8-21(20)18-22/h2-11,18H,12-17H2,1H3. The summed E-state index contributed by atoms with van der Waals surface area (Å²) in [4.78, 5) is 29.4. The van der Waals surface area contributed by atoms with Crippen molar-refractivity contribution in [2.24, 2.45) is 0 Å². The molecule has 0 unspecified atom stereocenters. The van der Waals surface area contributed by atoms with Gasteiger partial charge in [-0.2, -0.15) is 0 Å². The van der Waals surface area contributed by atoms with Gasteiger partial charge in [-0.3, -0.25) is 9.59 Å². The maximum absolute atomic E-state index is 12.6. The normalized spacial score (nSPS) is 14.2. The summed E-state index contributed by atoms with van der Waals surface area (Å²) in [6, 6.07) is 22.1. The number of para-hydroxylation sites is 1. The summed E-state index contributed by atoms with van der Waals surface area (Å²) in [6.45, 7) is 5.18. The molecule has 1 aliphatic rings. The number of benzene rings is 3. The van der Waals surface area contributed by atoms with E-state index in [1.54, 1.807) is 0 Å². The van der Waals surface area contributed by atoms with Gasteiger partial charge in [0.2, 0.25) is 5.91 Å². The fourth-order valence-electron chi connectivity index (χ4n) is 4.00. The second-order valence-electron chi connectivity index (χ2n) is 7.64. The van der Waals surface area contributed by atoms with Crippen molar-refractivity contribution in [2.45, 2.75) is 19.8 Å². The van der Waals surface area contributed by atoms with Crippen LogP contribution in [0.5, 0.6) is 0 Å². The number of anilines is 1. The van der Waals surface area contributed by atoms with Crippen LogP contribution < -0.4 is 4.90 Å². The Hall–Kier alpha value is -3.14. The quantitative estimate of drug-likeness (QED) is 0.608. The molecule has 1 aliphatic heterocycles. The van der Waals surface area contributed by atoms with Crippen LogP contribution in [-0.4, -0.2) is 42.8 Å². The number of nitrogens with zero attached hydrogens (tertiary/aromatic N) is 2. The monoisotopic (exact) mass is 386 g/mol. The lowest BCUT2D eigenvalue weighted by Crippen LogP contribution is -2.49. The van der Waals surface area contributed by atoms with Crippen LogP contribution >= 0.6 is 0 Å². The molecule has 1 amide bonds. The Morgan fingerprint density at radius 3 is 2.24 bits per heavy atom. The molecule has 1 fully saturated rings. The van der Waals surface area contributed by atoms with Gasteiger partial charge in [0.15, 0.2) is 5.78 Å². The molecule has 0 aliphatic carbocycles. The average Bonchev–Trinajstić information content (AvgIpc) is 2.77. The number of carbonyl (C=O) groups excluding carboxylic acids is 2. The number of amides is 1. The van der Waals surface area contributed by atoms with Crippen molar-refractivity contribution in [1.82, 2.24) is 4.90 Å². The molecule has 3 aromatic rings. The van der Waals surface area contributed by atoms with E-state index in [1.165, 1.54) is 11.3 Å². The highest BCUT2D eigenvalue weighted by Gasteiger charge is 2.22. The van der Waals surface area contributed by atoms with Gasteiger partial charge >= 0.3 is 0 Å². The smallest absolute Gasteiger partial charge is 0.223 e. The molecule has 3 aromatic carbocycles. The molecule has 0 bridgehead atoms.